The van der Waals surface area contributed by atoms with Crippen molar-refractivity contribution < 1.29 is 9.53 Å². The minimum atomic E-state index is -0.0145. The van der Waals surface area contributed by atoms with E-state index >= 15 is 0 Å². The molecule has 0 heterocycles. The van der Waals surface area contributed by atoms with Crippen molar-refractivity contribution in [2.45, 2.75) is 13.8 Å². The van der Waals surface area contributed by atoms with Crippen LogP contribution >= 0.6 is 15.9 Å². The van der Waals surface area contributed by atoms with Crippen LogP contribution < -0.4 is 4.74 Å². The molecule has 0 saturated heterocycles. The van der Waals surface area contributed by atoms with E-state index in [0.29, 0.717) is 5.56 Å². The Morgan fingerprint density at radius 3 is 2.47 bits per heavy atom. The molecule has 3 heteroatoms. The van der Waals surface area contributed by atoms with Gasteiger partial charge in [-0.3, -0.25) is 4.79 Å². The van der Waals surface area contributed by atoms with Crippen LogP contribution in [0.4, 0.5) is 0 Å². The van der Waals surface area contributed by atoms with Crippen molar-refractivity contribution in [3.05, 3.63) is 63.6 Å². The number of rotatable bonds is 4. The molecule has 0 bridgehead atoms. The molecule has 0 spiro atoms. The predicted molar refractivity (Wildman–Crippen MR) is 79.9 cm³/mol. The van der Waals surface area contributed by atoms with Crippen molar-refractivity contribution in [3.8, 4) is 5.75 Å². The molecule has 19 heavy (non-hydrogen) atoms. The molecule has 0 aliphatic heterocycles. The molecule has 0 saturated carbocycles. The first-order chi connectivity index (χ1) is 9.06. The highest BCUT2D eigenvalue weighted by atomic mass is 79.9. The van der Waals surface area contributed by atoms with Gasteiger partial charge in [0.15, 0.2) is 12.4 Å². The summed E-state index contributed by atoms with van der Waals surface area (Å²) in [7, 11) is 0. The summed E-state index contributed by atoms with van der Waals surface area (Å²) in [6, 6.07) is 13.3. The highest BCUT2D eigenvalue weighted by Crippen LogP contribution is 2.23. The summed E-state index contributed by atoms with van der Waals surface area (Å²) >= 11 is 3.39. The first kappa shape index (κ1) is 13.8. The van der Waals surface area contributed by atoms with Gasteiger partial charge in [0.1, 0.15) is 5.75 Å². The number of hydrogen-bond donors (Lipinski definition) is 0. The fourth-order valence-electron chi connectivity index (χ4n) is 1.70. The van der Waals surface area contributed by atoms with E-state index in [1.54, 1.807) is 0 Å². The molecule has 0 fully saturated rings. The van der Waals surface area contributed by atoms with Crippen LogP contribution in [0.15, 0.2) is 46.9 Å². The Bertz CT molecular complexity index is 588. The maximum Gasteiger partial charge on any atom is 0.200 e. The second-order valence-electron chi connectivity index (χ2n) is 4.49. The highest BCUT2D eigenvalue weighted by molar-refractivity contribution is 9.10. The van der Waals surface area contributed by atoms with Crippen LogP contribution in [-0.2, 0) is 0 Å². The molecule has 2 aromatic carbocycles. The molecule has 0 aromatic heterocycles. The van der Waals surface area contributed by atoms with Gasteiger partial charge < -0.3 is 4.74 Å². The predicted octanol–water partition coefficient (Wildman–Crippen LogP) is 4.33. The van der Waals surface area contributed by atoms with E-state index in [9.17, 15) is 4.79 Å². The van der Waals surface area contributed by atoms with Crippen molar-refractivity contribution in [2.75, 3.05) is 6.61 Å². The lowest BCUT2D eigenvalue weighted by Gasteiger charge is -2.09. The average Bonchev–Trinajstić information content (AvgIpc) is 2.40. The Morgan fingerprint density at radius 2 is 1.79 bits per heavy atom. The van der Waals surface area contributed by atoms with Crippen molar-refractivity contribution in [2.24, 2.45) is 0 Å². The number of benzene rings is 2. The van der Waals surface area contributed by atoms with E-state index in [1.807, 2.05) is 56.3 Å². The second-order valence-corrected chi connectivity index (χ2v) is 5.40. The van der Waals surface area contributed by atoms with Crippen molar-refractivity contribution in [1.29, 1.82) is 0 Å². The van der Waals surface area contributed by atoms with Crippen LogP contribution in [0.1, 0.15) is 21.5 Å². The van der Waals surface area contributed by atoms with Gasteiger partial charge in [-0.2, -0.15) is 0 Å². The van der Waals surface area contributed by atoms with E-state index < -0.39 is 0 Å². The Kier molecular flexibility index (Phi) is 4.38. The SMILES string of the molecule is Cc1ccc(C(=O)COc2cc(Br)ccc2C)cc1. The van der Waals surface area contributed by atoms with E-state index in [0.717, 1.165) is 21.3 Å². The number of ether oxygens (including phenoxy) is 1. The van der Waals surface area contributed by atoms with Gasteiger partial charge in [0.05, 0.1) is 0 Å². The van der Waals surface area contributed by atoms with Gasteiger partial charge in [0.2, 0.25) is 0 Å². The number of carbonyl (C=O) groups excluding carboxylic acids is 1. The fourth-order valence-corrected chi connectivity index (χ4v) is 2.04. The molecule has 2 aromatic rings. The van der Waals surface area contributed by atoms with Gasteiger partial charge in [0, 0.05) is 10.0 Å². The van der Waals surface area contributed by atoms with Crippen LogP contribution in [0, 0.1) is 13.8 Å². The molecule has 2 nitrogen and oxygen atoms in total. The van der Waals surface area contributed by atoms with Gasteiger partial charge >= 0.3 is 0 Å². The van der Waals surface area contributed by atoms with Gasteiger partial charge in [-0.25, -0.2) is 0 Å². The Hall–Kier alpha value is -1.61. The molecule has 0 N–H and O–H groups in total. The van der Waals surface area contributed by atoms with Crippen LogP contribution in [0.3, 0.4) is 0 Å². The van der Waals surface area contributed by atoms with E-state index in [4.69, 9.17) is 4.74 Å². The molecule has 98 valence electrons. The zero-order valence-corrected chi connectivity index (χ0v) is 12.5. The summed E-state index contributed by atoms with van der Waals surface area (Å²) < 4.78 is 6.53. The minimum absolute atomic E-state index is 0.0145. The summed E-state index contributed by atoms with van der Waals surface area (Å²) in [5.74, 6) is 0.717. The second kappa shape index (κ2) is 6.02. The topological polar surface area (TPSA) is 26.3 Å². The molecular formula is C16H15BrO2. The lowest BCUT2D eigenvalue weighted by Crippen LogP contribution is -2.12. The standard InChI is InChI=1S/C16H15BrO2/c1-11-3-6-13(7-4-11)15(18)10-19-16-9-14(17)8-5-12(16)2/h3-9H,10H2,1-2H3. The normalized spacial score (nSPS) is 10.3. The van der Waals surface area contributed by atoms with Crippen molar-refractivity contribution in [3.63, 3.8) is 0 Å². The molecule has 0 aliphatic rings. The molecule has 0 atom stereocenters. The first-order valence-corrected chi connectivity index (χ1v) is 6.84. The maximum atomic E-state index is 12.0. The third kappa shape index (κ3) is 3.67. The number of halogens is 1. The van der Waals surface area contributed by atoms with Gasteiger partial charge in [-0.05, 0) is 31.5 Å². The van der Waals surface area contributed by atoms with Crippen LogP contribution in [0.5, 0.6) is 5.75 Å². The van der Waals surface area contributed by atoms with Crippen LogP contribution in [0.25, 0.3) is 0 Å². The average molecular weight is 319 g/mol. The lowest BCUT2D eigenvalue weighted by molar-refractivity contribution is 0.0921. The molecular weight excluding hydrogens is 304 g/mol. The van der Waals surface area contributed by atoms with Crippen LogP contribution in [-0.4, -0.2) is 12.4 Å². The van der Waals surface area contributed by atoms with E-state index in [1.165, 1.54) is 0 Å². The van der Waals surface area contributed by atoms with E-state index in [-0.39, 0.29) is 12.4 Å². The number of aryl methyl sites for hydroxylation is 2. The molecule has 0 aliphatic carbocycles. The largest absolute Gasteiger partial charge is 0.485 e. The maximum absolute atomic E-state index is 12.0. The third-order valence-corrected chi connectivity index (χ3v) is 3.38. The number of carbonyl (C=O) groups is 1. The number of Topliss-reactive ketones (excluding diaryl/α,β-unsaturated/α-hetero) is 1. The summed E-state index contributed by atoms with van der Waals surface area (Å²) in [4.78, 5) is 12.0. The van der Waals surface area contributed by atoms with Gasteiger partial charge in [-0.15, -0.1) is 0 Å². The summed E-state index contributed by atoms with van der Waals surface area (Å²) in [5, 5.41) is 0. The summed E-state index contributed by atoms with van der Waals surface area (Å²) in [6.45, 7) is 4.01. The quantitative estimate of drug-likeness (QED) is 0.784. The van der Waals surface area contributed by atoms with Crippen LogP contribution in [0.2, 0.25) is 0 Å². The summed E-state index contributed by atoms with van der Waals surface area (Å²) in [6.07, 6.45) is 0. The molecule has 2 rings (SSSR count). The highest BCUT2D eigenvalue weighted by Gasteiger charge is 2.08. The van der Waals surface area contributed by atoms with Gasteiger partial charge in [-0.1, -0.05) is 51.8 Å². The smallest absolute Gasteiger partial charge is 0.200 e. The minimum Gasteiger partial charge on any atom is -0.485 e. The Balaban J connectivity index is 2.04. The number of hydrogen-bond acceptors (Lipinski definition) is 2. The molecule has 0 amide bonds. The monoisotopic (exact) mass is 318 g/mol. The first-order valence-electron chi connectivity index (χ1n) is 6.05. The summed E-state index contributed by atoms with van der Waals surface area (Å²) in [5.41, 5.74) is 2.83. The zero-order chi connectivity index (χ0) is 13.8. The van der Waals surface area contributed by atoms with E-state index in [2.05, 4.69) is 15.9 Å². The molecule has 0 radical (unpaired) electrons. The van der Waals surface area contributed by atoms with Crippen molar-refractivity contribution >= 4 is 21.7 Å². The Morgan fingerprint density at radius 1 is 1.11 bits per heavy atom. The lowest BCUT2D eigenvalue weighted by atomic mass is 10.1. The third-order valence-electron chi connectivity index (χ3n) is 2.88. The number of ketones is 1. The zero-order valence-electron chi connectivity index (χ0n) is 10.9. The van der Waals surface area contributed by atoms with Crippen molar-refractivity contribution in [1.82, 2.24) is 0 Å². The molecule has 0 unspecified atom stereocenters. The Labute approximate surface area is 121 Å². The van der Waals surface area contributed by atoms with Gasteiger partial charge in [0.25, 0.3) is 0 Å². The fraction of sp³-hybridized carbons (Fsp3) is 0.188.